The highest BCUT2D eigenvalue weighted by Gasteiger charge is 2.56. The number of thiazole rings is 1. The van der Waals surface area contributed by atoms with Crippen LogP contribution in [0.25, 0.3) is 0 Å². The molecule has 3 amide bonds. The number of benzene rings is 2. The maximum atomic E-state index is 13.4. The van der Waals surface area contributed by atoms with Crippen molar-refractivity contribution in [3.05, 3.63) is 71.0 Å². The molecule has 0 radical (unpaired) electrons. The van der Waals surface area contributed by atoms with Gasteiger partial charge in [0.15, 0.2) is 6.61 Å². The predicted octanol–water partition coefficient (Wildman–Crippen LogP) is 4.20. The number of carbonyl (C=O) groups excluding carboxylic acids is 3. The number of aromatic amines is 1. The van der Waals surface area contributed by atoms with E-state index in [4.69, 9.17) is 27.9 Å². The van der Waals surface area contributed by atoms with Gasteiger partial charge in [-0.15, -0.1) is 0 Å². The molecular weight excluding hydrogens is 657 g/mol. The van der Waals surface area contributed by atoms with Gasteiger partial charge in [-0.1, -0.05) is 62.2 Å². The number of hydrogen-bond acceptors (Lipinski definition) is 8. The first-order chi connectivity index (χ1) is 18.5. The lowest BCUT2D eigenvalue weighted by Crippen LogP contribution is -2.36. The van der Waals surface area contributed by atoms with Crippen LogP contribution in [0.4, 0.5) is 5.69 Å². The summed E-state index contributed by atoms with van der Waals surface area (Å²) in [6.45, 7) is -1.17. The quantitative estimate of drug-likeness (QED) is 0.317. The van der Waals surface area contributed by atoms with Crippen molar-refractivity contribution in [1.29, 1.82) is 0 Å². The zero-order valence-electron chi connectivity index (χ0n) is 19.4. The van der Waals surface area contributed by atoms with Gasteiger partial charge in [0.05, 0.1) is 21.0 Å². The highest BCUT2D eigenvalue weighted by Crippen LogP contribution is 2.54. The van der Waals surface area contributed by atoms with Crippen LogP contribution < -0.4 is 14.9 Å². The lowest BCUT2D eigenvalue weighted by Gasteiger charge is -2.31. The minimum absolute atomic E-state index is 0.252. The third-order valence-corrected chi connectivity index (χ3v) is 9.71. The smallest absolute Gasteiger partial charge is 0.323 e. The van der Waals surface area contributed by atoms with E-state index in [1.807, 2.05) is 0 Å². The monoisotopic (exact) mass is 671 g/mol. The fourth-order valence-corrected chi connectivity index (χ4v) is 7.71. The van der Waals surface area contributed by atoms with Crippen molar-refractivity contribution < 1.29 is 29.0 Å². The average Bonchev–Trinajstić information content (AvgIpc) is 3.36. The number of nitrogens with zero attached hydrogens (tertiary/aromatic N) is 1. The lowest BCUT2D eigenvalue weighted by molar-refractivity contribution is -0.149. The van der Waals surface area contributed by atoms with Crippen molar-refractivity contribution in [3.63, 3.8) is 0 Å². The SMILES string of the molecule is O=C(O)CN1C(=O)[C@@H]2[C@H](c3cc(Br)ccc3OCC(=O)Nc3ccc(Cl)c(Cl)c3)c3sc(=O)[nH]c3S[C@@H]2C1=O. The fraction of sp³-hybridized carbons (Fsp3) is 0.208. The summed E-state index contributed by atoms with van der Waals surface area (Å²) in [6.07, 6.45) is 0. The number of imide groups is 1. The van der Waals surface area contributed by atoms with Crippen LogP contribution >= 0.6 is 62.2 Å². The van der Waals surface area contributed by atoms with Crippen molar-refractivity contribution in [2.24, 2.45) is 5.92 Å². The lowest BCUT2D eigenvalue weighted by atomic mass is 9.82. The molecule has 2 aliphatic rings. The molecule has 2 aliphatic heterocycles. The Kier molecular flexibility index (Phi) is 7.80. The number of carbonyl (C=O) groups is 4. The molecule has 202 valence electrons. The number of nitrogens with one attached hydrogen (secondary N) is 2. The molecule has 15 heteroatoms. The van der Waals surface area contributed by atoms with E-state index >= 15 is 0 Å². The van der Waals surface area contributed by atoms with E-state index in [9.17, 15) is 29.1 Å². The van der Waals surface area contributed by atoms with Gasteiger partial charge in [-0.25, -0.2) is 0 Å². The molecule has 0 saturated carbocycles. The molecule has 0 spiro atoms. The first kappa shape index (κ1) is 27.7. The Morgan fingerprint density at radius 3 is 2.59 bits per heavy atom. The van der Waals surface area contributed by atoms with E-state index in [0.717, 1.165) is 28.0 Å². The van der Waals surface area contributed by atoms with Crippen LogP contribution in [0.3, 0.4) is 0 Å². The van der Waals surface area contributed by atoms with Crippen molar-refractivity contribution in [3.8, 4) is 5.75 Å². The highest BCUT2D eigenvalue weighted by atomic mass is 79.9. The molecule has 5 rings (SSSR count). The van der Waals surface area contributed by atoms with Gasteiger partial charge >= 0.3 is 10.8 Å². The van der Waals surface area contributed by atoms with Crippen LogP contribution in [0.2, 0.25) is 10.0 Å². The molecule has 2 aromatic carbocycles. The van der Waals surface area contributed by atoms with Crippen LogP contribution in [0.15, 0.2) is 50.7 Å². The van der Waals surface area contributed by atoms with Gasteiger partial charge in [-0.05, 0) is 36.4 Å². The molecule has 0 aliphatic carbocycles. The second-order valence-electron chi connectivity index (χ2n) is 8.55. The number of likely N-dealkylation sites (tertiary alicyclic amines) is 1. The number of hydrogen-bond donors (Lipinski definition) is 3. The Morgan fingerprint density at radius 2 is 1.87 bits per heavy atom. The van der Waals surface area contributed by atoms with Gasteiger partial charge < -0.3 is 20.1 Å². The Hall–Kier alpha value is -2.84. The fourth-order valence-electron chi connectivity index (χ4n) is 4.51. The summed E-state index contributed by atoms with van der Waals surface area (Å²) in [5.74, 6) is -4.65. The zero-order valence-corrected chi connectivity index (χ0v) is 24.1. The molecule has 0 bridgehead atoms. The number of ether oxygens (including phenoxy) is 1. The van der Waals surface area contributed by atoms with Crippen molar-refractivity contribution in [1.82, 2.24) is 9.88 Å². The number of anilines is 1. The minimum atomic E-state index is -1.32. The second-order valence-corrected chi connectivity index (χ2v) is 12.5. The third kappa shape index (κ3) is 5.46. The zero-order chi connectivity index (χ0) is 28.0. The predicted molar refractivity (Wildman–Crippen MR) is 149 cm³/mol. The standard InChI is InChI=1S/C24H16BrCl2N3O7S2/c25-9-1-4-14(37-8-15(31)28-10-2-3-12(26)13(27)6-10)11(5-9)17-18-20(38-21-19(17)39-24(36)29-21)23(35)30(22(18)34)7-16(32)33/h1-6,17-18,20H,7-8H2,(H,28,31)(H,29,36)(H,32,33)/t17-,18+,20-/m0/s1. The van der Waals surface area contributed by atoms with Crippen molar-refractivity contribution in [2.75, 3.05) is 18.5 Å². The summed E-state index contributed by atoms with van der Waals surface area (Å²) in [5.41, 5.74) is 0.869. The molecule has 0 unspecified atom stereocenters. The number of thioether (sulfide) groups is 1. The molecule has 3 N–H and O–H groups in total. The van der Waals surface area contributed by atoms with Crippen molar-refractivity contribution in [2.45, 2.75) is 16.2 Å². The topological polar surface area (TPSA) is 146 Å². The summed E-state index contributed by atoms with van der Waals surface area (Å²) in [6, 6.07) is 9.59. The number of fused-ring (bicyclic) bond motifs is 2. The highest BCUT2D eigenvalue weighted by molar-refractivity contribution is 9.10. The molecule has 3 atom stereocenters. The van der Waals surface area contributed by atoms with Gasteiger partial charge in [0, 0.05) is 26.5 Å². The molecule has 1 aromatic heterocycles. The van der Waals surface area contributed by atoms with Gasteiger partial charge in [0.2, 0.25) is 11.8 Å². The maximum Gasteiger partial charge on any atom is 0.323 e. The van der Waals surface area contributed by atoms with Crippen LogP contribution in [-0.2, 0) is 19.2 Å². The third-order valence-electron chi connectivity index (χ3n) is 6.08. The second kappa shape index (κ2) is 11.0. The Balaban J connectivity index is 1.48. The van der Waals surface area contributed by atoms with Crippen molar-refractivity contribution >= 4 is 91.6 Å². The number of halogens is 3. The van der Waals surface area contributed by atoms with E-state index in [1.165, 1.54) is 12.1 Å². The summed E-state index contributed by atoms with van der Waals surface area (Å²) >= 11 is 17.3. The number of rotatable bonds is 7. The summed E-state index contributed by atoms with van der Waals surface area (Å²) in [7, 11) is 0. The van der Waals surface area contributed by atoms with Gasteiger partial charge in [-0.3, -0.25) is 28.9 Å². The first-order valence-electron chi connectivity index (χ1n) is 11.2. The summed E-state index contributed by atoms with van der Waals surface area (Å²) in [4.78, 5) is 66.4. The minimum Gasteiger partial charge on any atom is -0.483 e. The maximum absolute atomic E-state index is 13.4. The van der Waals surface area contributed by atoms with Crippen LogP contribution in [0, 0.1) is 5.92 Å². The number of amides is 3. The van der Waals surface area contributed by atoms with Crippen LogP contribution in [0.5, 0.6) is 5.75 Å². The van der Waals surface area contributed by atoms with E-state index in [1.54, 1.807) is 24.3 Å². The number of carboxylic acid groups (broad SMARTS) is 1. The van der Waals surface area contributed by atoms with E-state index in [-0.39, 0.29) is 15.6 Å². The molecule has 3 aromatic rings. The average molecular weight is 673 g/mol. The van der Waals surface area contributed by atoms with E-state index in [2.05, 4.69) is 26.2 Å². The van der Waals surface area contributed by atoms with E-state index < -0.39 is 53.9 Å². The van der Waals surface area contributed by atoms with Gasteiger partial charge in [0.25, 0.3) is 5.91 Å². The largest absolute Gasteiger partial charge is 0.483 e. The number of aromatic nitrogens is 1. The molecule has 1 fully saturated rings. The number of H-pyrrole nitrogens is 1. The number of carboxylic acids is 1. The molecule has 10 nitrogen and oxygen atoms in total. The molecule has 39 heavy (non-hydrogen) atoms. The van der Waals surface area contributed by atoms with Crippen LogP contribution in [-0.4, -0.2) is 57.1 Å². The van der Waals surface area contributed by atoms with Crippen LogP contribution in [0.1, 0.15) is 16.4 Å². The summed E-state index contributed by atoms with van der Waals surface area (Å²) in [5, 5.41) is 12.0. The van der Waals surface area contributed by atoms with Gasteiger partial charge in [-0.2, -0.15) is 0 Å². The van der Waals surface area contributed by atoms with Gasteiger partial charge in [0.1, 0.15) is 17.5 Å². The normalized spacial score (nSPS) is 20.0. The first-order valence-corrected chi connectivity index (χ1v) is 14.4. The molecule has 3 heterocycles. The Labute approximate surface area is 246 Å². The Bertz CT molecular complexity index is 1590. The van der Waals surface area contributed by atoms with E-state index in [0.29, 0.717) is 30.6 Å². The summed E-state index contributed by atoms with van der Waals surface area (Å²) < 4.78 is 6.50. The molecule has 1 saturated heterocycles. The number of aliphatic carboxylic acids is 1. The molecular formula is C24H16BrCl2N3O7S2. The Morgan fingerprint density at radius 1 is 1.10 bits per heavy atom.